The number of piperidine rings is 1. The van der Waals surface area contributed by atoms with Gasteiger partial charge in [0.2, 0.25) is 0 Å². The fourth-order valence-corrected chi connectivity index (χ4v) is 3.35. The Morgan fingerprint density at radius 1 is 1.23 bits per heavy atom. The Kier molecular flexibility index (Phi) is 4.21. The molecular formula is C18H25N3O. The van der Waals surface area contributed by atoms with E-state index in [4.69, 9.17) is 0 Å². The van der Waals surface area contributed by atoms with Crippen molar-refractivity contribution in [3.05, 3.63) is 36.0 Å². The first kappa shape index (κ1) is 15.1. The molecule has 0 aliphatic carbocycles. The number of aromatic nitrogens is 1. The van der Waals surface area contributed by atoms with Crippen molar-refractivity contribution in [2.45, 2.75) is 38.8 Å². The summed E-state index contributed by atoms with van der Waals surface area (Å²) in [6.07, 6.45) is 4.01. The molecular weight excluding hydrogens is 274 g/mol. The molecule has 0 atom stereocenters. The molecule has 1 fully saturated rings. The first-order valence-corrected chi connectivity index (χ1v) is 8.15. The second-order valence-corrected chi connectivity index (χ2v) is 6.55. The Balaban J connectivity index is 1.70. The topological polar surface area (TPSA) is 37.3 Å². The Labute approximate surface area is 132 Å². The van der Waals surface area contributed by atoms with Gasteiger partial charge in [0.15, 0.2) is 0 Å². The average Bonchev–Trinajstić information content (AvgIpc) is 2.86. The van der Waals surface area contributed by atoms with Gasteiger partial charge in [0.1, 0.15) is 0 Å². The second kappa shape index (κ2) is 6.13. The molecule has 1 aliphatic heterocycles. The van der Waals surface area contributed by atoms with E-state index in [9.17, 15) is 4.79 Å². The molecule has 118 valence electrons. The third kappa shape index (κ3) is 2.88. The van der Waals surface area contributed by atoms with E-state index in [2.05, 4.69) is 24.1 Å². The smallest absolute Gasteiger partial charge is 0.253 e. The van der Waals surface area contributed by atoms with Crippen LogP contribution in [-0.2, 0) is 7.05 Å². The largest absolute Gasteiger partial charge is 0.350 e. The van der Waals surface area contributed by atoms with Crippen molar-refractivity contribution in [2.75, 3.05) is 13.1 Å². The highest BCUT2D eigenvalue weighted by molar-refractivity contribution is 6.07. The van der Waals surface area contributed by atoms with E-state index in [1.165, 1.54) is 0 Å². The molecule has 0 saturated carbocycles. The van der Waals surface area contributed by atoms with Crippen LogP contribution in [0, 0.1) is 0 Å². The molecule has 1 aliphatic rings. The maximum absolute atomic E-state index is 12.6. The zero-order valence-corrected chi connectivity index (χ0v) is 13.7. The Morgan fingerprint density at radius 3 is 2.59 bits per heavy atom. The fourth-order valence-electron chi connectivity index (χ4n) is 3.35. The number of hydrogen-bond donors (Lipinski definition) is 1. The van der Waals surface area contributed by atoms with Crippen LogP contribution in [0.1, 0.15) is 37.0 Å². The number of carbonyl (C=O) groups is 1. The minimum Gasteiger partial charge on any atom is -0.350 e. The van der Waals surface area contributed by atoms with Crippen molar-refractivity contribution >= 4 is 16.8 Å². The van der Waals surface area contributed by atoms with Gasteiger partial charge in [0.05, 0.1) is 5.56 Å². The molecule has 4 nitrogen and oxygen atoms in total. The number of benzene rings is 1. The van der Waals surface area contributed by atoms with E-state index in [1.54, 1.807) is 0 Å². The number of likely N-dealkylation sites (tertiary alicyclic amines) is 1. The summed E-state index contributed by atoms with van der Waals surface area (Å²) in [4.78, 5) is 15.1. The SMILES string of the molecule is CC(C)N1CCC(NC(=O)c2cn(C)c3ccccc23)CC1. The van der Waals surface area contributed by atoms with E-state index in [1.807, 2.05) is 42.1 Å². The number of aryl methyl sites for hydroxylation is 1. The average molecular weight is 299 g/mol. The van der Waals surface area contributed by atoms with Gasteiger partial charge in [-0.05, 0) is 32.8 Å². The quantitative estimate of drug-likeness (QED) is 0.946. The lowest BCUT2D eigenvalue weighted by Gasteiger charge is -2.34. The predicted octanol–water partition coefficient (Wildman–Crippen LogP) is 2.78. The lowest BCUT2D eigenvalue weighted by atomic mass is 10.0. The lowest BCUT2D eigenvalue weighted by Crippen LogP contribution is -2.46. The number of amides is 1. The molecule has 1 amide bonds. The van der Waals surface area contributed by atoms with E-state index in [0.29, 0.717) is 12.1 Å². The number of para-hydroxylation sites is 1. The number of nitrogens with zero attached hydrogens (tertiary/aromatic N) is 2. The summed E-state index contributed by atoms with van der Waals surface area (Å²) >= 11 is 0. The molecule has 0 spiro atoms. The van der Waals surface area contributed by atoms with Crippen LogP contribution in [0.3, 0.4) is 0 Å². The zero-order chi connectivity index (χ0) is 15.7. The summed E-state index contributed by atoms with van der Waals surface area (Å²) in [7, 11) is 1.99. The van der Waals surface area contributed by atoms with Gasteiger partial charge >= 0.3 is 0 Å². The standard InChI is InChI=1S/C18H25N3O/c1-13(2)21-10-8-14(9-11-21)19-18(22)16-12-20(3)17-7-5-4-6-15(16)17/h4-7,12-14H,8-11H2,1-3H3,(H,19,22). The summed E-state index contributed by atoms with van der Waals surface area (Å²) < 4.78 is 2.02. The van der Waals surface area contributed by atoms with Crippen LogP contribution < -0.4 is 5.32 Å². The van der Waals surface area contributed by atoms with Crippen LogP contribution in [0.2, 0.25) is 0 Å². The number of hydrogen-bond acceptors (Lipinski definition) is 2. The maximum Gasteiger partial charge on any atom is 0.253 e. The van der Waals surface area contributed by atoms with Crippen LogP contribution in [0.4, 0.5) is 0 Å². The first-order valence-electron chi connectivity index (χ1n) is 8.15. The highest BCUT2D eigenvalue weighted by Gasteiger charge is 2.23. The lowest BCUT2D eigenvalue weighted by molar-refractivity contribution is 0.0902. The first-order chi connectivity index (χ1) is 10.6. The summed E-state index contributed by atoms with van der Waals surface area (Å²) in [5.74, 6) is 0.0554. The molecule has 2 aromatic rings. The van der Waals surface area contributed by atoms with Gasteiger partial charge in [0, 0.05) is 49.3 Å². The van der Waals surface area contributed by atoms with Crippen molar-refractivity contribution in [1.29, 1.82) is 0 Å². The zero-order valence-electron chi connectivity index (χ0n) is 13.7. The van der Waals surface area contributed by atoms with Crippen LogP contribution in [-0.4, -0.2) is 40.5 Å². The predicted molar refractivity (Wildman–Crippen MR) is 90.1 cm³/mol. The Hall–Kier alpha value is -1.81. The van der Waals surface area contributed by atoms with Gasteiger partial charge in [0.25, 0.3) is 5.91 Å². The van der Waals surface area contributed by atoms with E-state index >= 15 is 0 Å². The van der Waals surface area contributed by atoms with Gasteiger partial charge in [-0.1, -0.05) is 18.2 Å². The molecule has 2 heterocycles. The number of nitrogens with one attached hydrogen (secondary N) is 1. The van der Waals surface area contributed by atoms with Crippen LogP contribution >= 0.6 is 0 Å². The molecule has 1 aromatic heterocycles. The van der Waals surface area contributed by atoms with Crippen molar-refractivity contribution in [2.24, 2.45) is 7.05 Å². The Bertz CT molecular complexity index is 666. The van der Waals surface area contributed by atoms with Gasteiger partial charge in [-0.2, -0.15) is 0 Å². The minimum atomic E-state index is 0.0554. The van der Waals surface area contributed by atoms with Crippen LogP contribution in [0.25, 0.3) is 10.9 Å². The minimum absolute atomic E-state index is 0.0554. The van der Waals surface area contributed by atoms with Crippen molar-refractivity contribution in [3.8, 4) is 0 Å². The van der Waals surface area contributed by atoms with Gasteiger partial charge in [-0.3, -0.25) is 4.79 Å². The van der Waals surface area contributed by atoms with Gasteiger partial charge < -0.3 is 14.8 Å². The maximum atomic E-state index is 12.6. The highest BCUT2D eigenvalue weighted by Crippen LogP contribution is 2.21. The highest BCUT2D eigenvalue weighted by atomic mass is 16.1. The molecule has 1 N–H and O–H groups in total. The molecule has 4 heteroatoms. The summed E-state index contributed by atoms with van der Waals surface area (Å²) in [6.45, 7) is 6.60. The number of rotatable bonds is 3. The van der Waals surface area contributed by atoms with Crippen LogP contribution in [0.5, 0.6) is 0 Å². The van der Waals surface area contributed by atoms with Gasteiger partial charge in [-0.15, -0.1) is 0 Å². The van der Waals surface area contributed by atoms with Gasteiger partial charge in [-0.25, -0.2) is 0 Å². The summed E-state index contributed by atoms with van der Waals surface area (Å²) in [6, 6.07) is 8.95. The van der Waals surface area contributed by atoms with Crippen molar-refractivity contribution in [1.82, 2.24) is 14.8 Å². The third-order valence-corrected chi connectivity index (χ3v) is 4.74. The van der Waals surface area contributed by atoms with E-state index in [0.717, 1.165) is 42.4 Å². The molecule has 0 unspecified atom stereocenters. The molecule has 0 radical (unpaired) electrons. The number of fused-ring (bicyclic) bond motifs is 1. The molecule has 3 rings (SSSR count). The second-order valence-electron chi connectivity index (χ2n) is 6.55. The fraction of sp³-hybridized carbons (Fsp3) is 0.500. The Morgan fingerprint density at radius 2 is 1.91 bits per heavy atom. The van der Waals surface area contributed by atoms with Crippen molar-refractivity contribution in [3.63, 3.8) is 0 Å². The molecule has 22 heavy (non-hydrogen) atoms. The third-order valence-electron chi connectivity index (χ3n) is 4.74. The normalized spacial score (nSPS) is 17.3. The molecule has 1 aromatic carbocycles. The van der Waals surface area contributed by atoms with E-state index < -0.39 is 0 Å². The summed E-state index contributed by atoms with van der Waals surface area (Å²) in [5, 5.41) is 4.25. The summed E-state index contributed by atoms with van der Waals surface area (Å²) in [5.41, 5.74) is 1.88. The van der Waals surface area contributed by atoms with Crippen LogP contribution in [0.15, 0.2) is 30.5 Å². The number of carbonyl (C=O) groups excluding carboxylic acids is 1. The molecule has 0 bridgehead atoms. The molecule has 1 saturated heterocycles. The van der Waals surface area contributed by atoms with E-state index in [-0.39, 0.29) is 5.91 Å². The van der Waals surface area contributed by atoms with Crippen molar-refractivity contribution < 1.29 is 4.79 Å². The monoisotopic (exact) mass is 299 g/mol.